The average molecular weight is 454 g/mol. The van der Waals surface area contributed by atoms with Crippen molar-refractivity contribution in [3.8, 4) is 0 Å². The summed E-state index contributed by atoms with van der Waals surface area (Å²) in [6.07, 6.45) is 1.16. The van der Waals surface area contributed by atoms with Crippen molar-refractivity contribution in [1.29, 1.82) is 0 Å². The number of ether oxygens (including phenoxy) is 1. The van der Waals surface area contributed by atoms with Crippen molar-refractivity contribution in [3.05, 3.63) is 35.9 Å². The Kier molecular flexibility index (Phi) is 10.3. The van der Waals surface area contributed by atoms with Crippen LogP contribution in [0, 0.1) is 5.92 Å². The normalized spacial score (nSPS) is 14.1. The molecular formula is C21H31N3O6S. The highest BCUT2D eigenvalue weighted by atomic mass is 32.2. The lowest BCUT2D eigenvalue weighted by Crippen LogP contribution is -2.57. The molecule has 5 N–H and O–H groups in total. The maximum Gasteiger partial charge on any atom is 0.408 e. The molecule has 1 aromatic carbocycles. The van der Waals surface area contributed by atoms with Crippen LogP contribution in [-0.4, -0.2) is 58.7 Å². The van der Waals surface area contributed by atoms with Crippen LogP contribution in [0.4, 0.5) is 4.79 Å². The van der Waals surface area contributed by atoms with E-state index in [-0.39, 0.29) is 12.8 Å². The summed E-state index contributed by atoms with van der Waals surface area (Å²) >= 11 is 1.47. The van der Waals surface area contributed by atoms with E-state index in [9.17, 15) is 24.3 Å². The van der Waals surface area contributed by atoms with Crippen LogP contribution in [0.2, 0.25) is 0 Å². The van der Waals surface area contributed by atoms with Crippen LogP contribution in [0.3, 0.4) is 0 Å². The van der Waals surface area contributed by atoms with Crippen LogP contribution in [0.15, 0.2) is 30.3 Å². The molecule has 0 spiro atoms. The second-order valence-corrected chi connectivity index (χ2v) is 8.99. The zero-order chi connectivity index (χ0) is 23.6. The lowest BCUT2D eigenvalue weighted by atomic mass is 9.91. The molecule has 1 rings (SSSR count). The first-order valence-electron chi connectivity index (χ1n) is 9.79. The number of carbonyl (C=O) groups is 4. The van der Waals surface area contributed by atoms with Gasteiger partial charge in [-0.3, -0.25) is 14.4 Å². The van der Waals surface area contributed by atoms with Gasteiger partial charge in [0.05, 0.1) is 5.92 Å². The van der Waals surface area contributed by atoms with Crippen molar-refractivity contribution >= 4 is 35.6 Å². The fourth-order valence-corrected chi connectivity index (χ4v) is 3.25. The number of nitrogens with two attached hydrogens (primary N) is 1. The van der Waals surface area contributed by atoms with E-state index >= 15 is 0 Å². The van der Waals surface area contributed by atoms with Gasteiger partial charge in [0, 0.05) is 0 Å². The van der Waals surface area contributed by atoms with Gasteiger partial charge in [-0.1, -0.05) is 30.3 Å². The Hall–Kier alpha value is -2.75. The van der Waals surface area contributed by atoms with Crippen LogP contribution in [-0.2, 0) is 25.5 Å². The fraction of sp³-hybridized carbons (Fsp3) is 0.524. The van der Waals surface area contributed by atoms with Gasteiger partial charge in [-0.2, -0.15) is 11.8 Å². The Morgan fingerprint density at radius 1 is 1.13 bits per heavy atom. The van der Waals surface area contributed by atoms with Gasteiger partial charge in [-0.25, -0.2) is 4.79 Å². The molecule has 0 aliphatic heterocycles. The number of primary amides is 1. The third-order valence-corrected chi connectivity index (χ3v) is 4.89. The van der Waals surface area contributed by atoms with E-state index in [0.717, 1.165) is 0 Å². The van der Waals surface area contributed by atoms with E-state index in [4.69, 9.17) is 10.5 Å². The van der Waals surface area contributed by atoms with Gasteiger partial charge < -0.3 is 26.2 Å². The number of alkyl carbamates (subject to hydrolysis) is 1. The van der Waals surface area contributed by atoms with Gasteiger partial charge in [0.25, 0.3) is 0 Å². The Morgan fingerprint density at radius 2 is 1.74 bits per heavy atom. The summed E-state index contributed by atoms with van der Waals surface area (Å²) in [5, 5.41) is 14.7. The van der Waals surface area contributed by atoms with E-state index in [1.165, 1.54) is 11.8 Å². The number of amides is 3. The molecule has 0 saturated heterocycles. The molecular weight excluding hydrogens is 422 g/mol. The number of nitrogens with one attached hydrogen (secondary N) is 2. The molecule has 10 heteroatoms. The number of thioether (sulfide) groups is 1. The van der Waals surface area contributed by atoms with Crippen molar-refractivity contribution in [1.82, 2.24) is 10.6 Å². The topological polar surface area (TPSA) is 148 Å². The Labute approximate surface area is 186 Å². The lowest BCUT2D eigenvalue weighted by Gasteiger charge is -2.28. The standard InChI is InChI=1S/C21H31N3O6S/c1-21(2,3)30-20(29)24-16(18(26)23-15(17(22)25)10-11-31-4)14(19(27)28)12-13-8-6-5-7-9-13/h5-9,14-16H,10-12H2,1-4H3,(H2,22,25)(H,23,26)(H,24,29)(H,27,28)/t14?,15-,16-/m0/s1. The van der Waals surface area contributed by atoms with Gasteiger partial charge in [-0.15, -0.1) is 0 Å². The van der Waals surface area contributed by atoms with Gasteiger partial charge >= 0.3 is 12.1 Å². The summed E-state index contributed by atoms with van der Waals surface area (Å²) in [6.45, 7) is 4.93. The third kappa shape index (κ3) is 9.73. The molecule has 3 atom stereocenters. The number of carboxylic acid groups (broad SMARTS) is 1. The average Bonchev–Trinajstić information content (AvgIpc) is 2.66. The molecule has 0 bridgehead atoms. The van der Waals surface area contributed by atoms with Crippen molar-refractivity contribution in [2.75, 3.05) is 12.0 Å². The summed E-state index contributed by atoms with van der Waals surface area (Å²) < 4.78 is 5.20. The molecule has 0 aliphatic carbocycles. The van der Waals surface area contributed by atoms with Crippen LogP contribution < -0.4 is 16.4 Å². The smallest absolute Gasteiger partial charge is 0.408 e. The number of hydrogen-bond acceptors (Lipinski definition) is 6. The van der Waals surface area contributed by atoms with Gasteiger partial charge in [0.15, 0.2) is 0 Å². The largest absolute Gasteiger partial charge is 0.481 e. The van der Waals surface area contributed by atoms with Crippen LogP contribution in [0.5, 0.6) is 0 Å². The molecule has 3 amide bonds. The van der Waals surface area contributed by atoms with Gasteiger partial charge in [0.2, 0.25) is 11.8 Å². The van der Waals surface area contributed by atoms with Crippen LogP contribution in [0.25, 0.3) is 0 Å². The van der Waals surface area contributed by atoms with E-state index in [2.05, 4.69) is 10.6 Å². The first-order chi connectivity index (χ1) is 14.4. The Balaban J connectivity index is 3.17. The molecule has 0 saturated carbocycles. The number of carbonyl (C=O) groups excluding carboxylic acids is 3. The maximum absolute atomic E-state index is 13.0. The molecule has 1 unspecified atom stereocenters. The van der Waals surface area contributed by atoms with E-state index in [1.54, 1.807) is 51.1 Å². The highest BCUT2D eigenvalue weighted by Gasteiger charge is 2.37. The number of benzene rings is 1. The summed E-state index contributed by atoms with van der Waals surface area (Å²) in [7, 11) is 0. The number of carboxylic acids is 1. The van der Waals surface area contributed by atoms with E-state index < -0.39 is 47.5 Å². The summed E-state index contributed by atoms with van der Waals surface area (Å²) in [5.74, 6) is -3.58. The van der Waals surface area contributed by atoms with Crippen LogP contribution in [0.1, 0.15) is 32.8 Å². The van der Waals surface area contributed by atoms with Crippen molar-refractivity contribution in [2.45, 2.75) is 51.3 Å². The number of rotatable bonds is 11. The molecule has 0 heterocycles. The van der Waals surface area contributed by atoms with Gasteiger partial charge in [0.1, 0.15) is 17.7 Å². The zero-order valence-electron chi connectivity index (χ0n) is 18.2. The molecule has 0 aliphatic rings. The molecule has 172 valence electrons. The Morgan fingerprint density at radius 3 is 2.23 bits per heavy atom. The molecule has 0 fully saturated rings. The predicted octanol–water partition coefficient (Wildman–Crippen LogP) is 1.55. The fourth-order valence-electron chi connectivity index (χ4n) is 2.78. The van der Waals surface area contributed by atoms with Crippen molar-refractivity contribution in [3.63, 3.8) is 0 Å². The maximum atomic E-state index is 13.0. The van der Waals surface area contributed by atoms with Crippen molar-refractivity contribution < 1.29 is 29.0 Å². The van der Waals surface area contributed by atoms with Crippen molar-refractivity contribution in [2.24, 2.45) is 11.7 Å². The highest BCUT2D eigenvalue weighted by Crippen LogP contribution is 2.16. The molecule has 9 nitrogen and oxygen atoms in total. The first kappa shape index (κ1) is 26.3. The quantitative estimate of drug-likeness (QED) is 0.397. The van der Waals surface area contributed by atoms with E-state index in [0.29, 0.717) is 11.3 Å². The Bertz CT molecular complexity index is 766. The predicted molar refractivity (Wildman–Crippen MR) is 119 cm³/mol. The highest BCUT2D eigenvalue weighted by molar-refractivity contribution is 7.98. The third-order valence-electron chi connectivity index (χ3n) is 4.24. The minimum atomic E-state index is -1.48. The summed E-state index contributed by atoms with van der Waals surface area (Å²) in [4.78, 5) is 49.1. The molecule has 0 radical (unpaired) electrons. The van der Waals surface area contributed by atoms with Gasteiger partial charge in [-0.05, 0) is 51.2 Å². The van der Waals surface area contributed by atoms with Crippen LogP contribution >= 0.6 is 11.8 Å². The first-order valence-corrected chi connectivity index (χ1v) is 11.2. The number of aliphatic carboxylic acids is 1. The second-order valence-electron chi connectivity index (χ2n) is 8.00. The lowest BCUT2D eigenvalue weighted by molar-refractivity contribution is -0.145. The van der Waals surface area contributed by atoms with E-state index in [1.807, 2.05) is 6.26 Å². The number of hydrogen-bond donors (Lipinski definition) is 4. The molecule has 0 aromatic heterocycles. The summed E-state index contributed by atoms with van der Waals surface area (Å²) in [6, 6.07) is 6.25. The minimum Gasteiger partial charge on any atom is -0.481 e. The zero-order valence-corrected chi connectivity index (χ0v) is 19.0. The molecule has 31 heavy (non-hydrogen) atoms. The SMILES string of the molecule is CSCC[C@H](NC(=O)[C@@H](NC(=O)OC(C)(C)C)C(Cc1ccccc1)C(=O)O)C(N)=O. The monoisotopic (exact) mass is 453 g/mol. The second kappa shape index (κ2) is 12.2. The minimum absolute atomic E-state index is 0.0178. The molecule has 1 aromatic rings. The summed E-state index contributed by atoms with van der Waals surface area (Å²) in [5.41, 5.74) is 5.20.